The molecule has 0 saturated heterocycles. The van der Waals surface area contributed by atoms with E-state index in [-0.39, 0.29) is 5.69 Å². The van der Waals surface area contributed by atoms with Gasteiger partial charge in [0.05, 0.1) is 17.2 Å². The van der Waals surface area contributed by atoms with Gasteiger partial charge in [0.25, 0.3) is 5.69 Å². The van der Waals surface area contributed by atoms with E-state index in [0.717, 1.165) is 0 Å². The molecule has 1 aromatic rings. The van der Waals surface area contributed by atoms with Gasteiger partial charge in [-0.25, -0.2) is 0 Å². The summed E-state index contributed by atoms with van der Waals surface area (Å²) in [6.07, 6.45) is 0. The molecule has 0 aliphatic heterocycles. The van der Waals surface area contributed by atoms with Crippen LogP contribution in [0.1, 0.15) is 0 Å². The number of ether oxygens (including phenoxy) is 1. The zero-order valence-electron chi connectivity index (χ0n) is 9.84. The number of nitrogens with one attached hydrogen (secondary N) is 1. The summed E-state index contributed by atoms with van der Waals surface area (Å²) in [5, 5.41) is 10.8. The molecule has 0 aromatic heterocycles. The number of nitrogen functional groups attached to an aromatic ring is 1. The maximum absolute atomic E-state index is 10.8. The van der Waals surface area contributed by atoms with Crippen molar-refractivity contribution in [1.82, 2.24) is 0 Å². The minimum Gasteiger partial charge on any atom is -0.383 e. The van der Waals surface area contributed by atoms with E-state index in [1.54, 1.807) is 13.2 Å². The van der Waals surface area contributed by atoms with Gasteiger partial charge in [0.1, 0.15) is 0 Å². The van der Waals surface area contributed by atoms with E-state index < -0.39 is 4.92 Å². The van der Waals surface area contributed by atoms with E-state index >= 15 is 0 Å². The second-order valence-corrected chi connectivity index (χ2v) is 3.55. The van der Waals surface area contributed by atoms with E-state index in [9.17, 15) is 10.1 Å². The van der Waals surface area contributed by atoms with Crippen LogP contribution in [0.2, 0.25) is 0 Å². The highest BCUT2D eigenvalue weighted by Crippen LogP contribution is 2.25. The first-order chi connectivity index (χ1) is 8.08. The van der Waals surface area contributed by atoms with Crippen molar-refractivity contribution in [2.75, 3.05) is 37.6 Å². The Hall–Kier alpha value is -1.86. The van der Waals surface area contributed by atoms with Crippen LogP contribution in [0.5, 0.6) is 0 Å². The fourth-order valence-electron chi connectivity index (χ4n) is 1.36. The van der Waals surface area contributed by atoms with Crippen molar-refractivity contribution in [2.45, 2.75) is 0 Å². The van der Waals surface area contributed by atoms with Crippen LogP contribution in [0.25, 0.3) is 0 Å². The van der Waals surface area contributed by atoms with Crippen molar-refractivity contribution in [1.29, 1.82) is 0 Å². The predicted molar refractivity (Wildman–Crippen MR) is 66.1 cm³/mol. The molecule has 0 radical (unpaired) electrons. The number of nitro benzene ring substituents is 1. The van der Waals surface area contributed by atoms with E-state index in [2.05, 4.69) is 5.43 Å². The number of hydrogen-bond donors (Lipinski definition) is 2. The Kier molecular flexibility index (Phi) is 4.68. The van der Waals surface area contributed by atoms with E-state index in [1.165, 1.54) is 12.1 Å². The summed E-state index contributed by atoms with van der Waals surface area (Å²) in [5.74, 6) is 5.27. The fraction of sp³-hybridized carbons (Fsp3) is 0.400. The second-order valence-electron chi connectivity index (χ2n) is 3.55. The van der Waals surface area contributed by atoms with Crippen LogP contribution in [0, 0.1) is 10.1 Å². The first kappa shape index (κ1) is 13.2. The van der Waals surface area contributed by atoms with Gasteiger partial charge in [0.15, 0.2) is 0 Å². The maximum atomic E-state index is 10.8. The lowest BCUT2D eigenvalue weighted by atomic mass is 10.2. The van der Waals surface area contributed by atoms with Gasteiger partial charge in [-0.05, 0) is 6.07 Å². The van der Waals surface area contributed by atoms with Gasteiger partial charge in [0, 0.05) is 38.5 Å². The third kappa shape index (κ3) is 3.58. The molecule has 7 heteroatoms. The summed E-state index contributed by atoms with van der Waals surface area (Å²) < 4.78 is 4.95. The number of nitrogens with zero attached hydrogens (tertiary/aromatic N) is 2. The zero-order chi connectivity index (χ0) is 12.8. The van der Waals surface area contributed by atoms with Gasteiger partial charge < -0.3 is 15.1 Å². The lowest BCUT2D eigenvalue weighted by molar-refractivity contribution is -0.384. The fourth-order valence-corrected chi connectivity index (χ4v) is 1.36. The van der Waals surface area contributed by atoms with Gasteiger partial charge in [-0.15, -0.1) is 0 Å². The van der Waals surface area contributed by atoms with Crippen molar-refractivity contribution in [2.24, 2.45) is 5.84 Å². The number of hydrogen-bond acceptors (Lipinski definition) is 6. The highest BCUT2D eigenvalue weighted by Gasteiger charge is 2.11. The van der Waals surface area contributed by atoms with Crippen LogP contribution in [-0.4, -0.2) is 32.2 Å². The summed E-state index contributed by atoms with van der Waals surface area (Å²) in [7, 11) is 3.44. The number of likely N-dealkylation sites (N-methyl/N-ethyl adjacent to an activating group) is 1. The molecule has 1 rings (SSSR count). The first-order valence-electron chi connectivity index (χ1n) is 5.04. The number of non-ortho nitro benzene ring substituents is 1. The standard InChI is InChI=1S/C10H16N4O3/c1-13(3-4-17-2)9-5-8(12-11)6-10(7-9)14(15)16/h5-7,12H,3-4,11H2,1-2H3. The number of nitro groups is 1. The summed E-state index contributed by atoms with van der Waals surface area (Å²) in [6, 6.07) is 4.62. The molecule has 94 valence electrons. The van der Waals surface area contributed by atoms with Crippen molar-refractivity contribution in [3.8, 4) is 0 Å². The minimum absolute atomic E-state index is 0.000262. The molecule has 0 aliphatic rings. The summed E-state index contributed by atoms with van der Waals surface area (Å²) in [4.78, 5) is 12.2. The summed E-state index contributed by atoms with van der Waals surface area (Å²) in [5.41, 5.74) is 3.62. The topological polar surface area (TPSA) is 93.7 Å². The number of methoxy groups -OCH3 is 1. The predicted octanol–water partition coefficient (Wildman–Crippen LogP) is 0.963. The normalized spacial score (nSPS) is 10.1. The Labute approximate surface area is 99.3 Å². The number of hydrazine groups is 1. The van der Waals surface area contributed by atoms with Crippen LogP contribution in [0.15, 0.2) is 18.2 Å². The molecule has 0 unspecified atom stereocenters. The number of benzene rings is 1. The lowest BCUT2D eigenvalue weighted by Gasteiger charge is -2.19. The molecule has 17 heavy (non-hydrogen) atoms. The Bertz CT molecular complexity index is 397. The molecule has 7 nitrogen and oxygen atoms in total. The average Bonchev–Trinajstić information content (AvgIpc) is 2.35. The van der Waals surface area contributed by atoms with E-state index in [1.807, 2.05) is 11.9 Å². The van der Waals surface area contributed by atoms with Crippen molar-refractivity contribution >= 4 is 17.1 Å². The Morgan fingerprint density at radius 3 is 2.76 bits per heavy atom. The quantitative estimate of drug-likeness (QED) is 0.437. The third-order valence-corrected chi connectivity index (χ3v) is 2.35. The average molecular weight is 240 g/mol. The molecule has 0 aliphatic carbocycles. The van der Waals surface area contributed by atoms with E-state index in [0.29, 0.717) is 24.5 Å². The number of anilines is 2. The molecule has 1 aromatic carbocycles. The van der Waals surface area contributed by atoms with Crippen LogP contribution >= 0.6 is 0 Å². The van der Waals surface area contributed by atoms with Gasteiger partial charge in [-0.3, -0.25) is 16.0 Å². The molecule has 3 N–H and O–H groups in total. The van der Waals surface area contributed by atoms with Gasteiger partial charge >= 0.3 is 0 Å². The first-order valence-corrected chi connectivity index (χ1v) is 5.04. The van der Waals surface area contributed by atoms with Gasteiger partial charge in [-0.2, -0.15) is 0 Å². The third-order valence-electron chi connectivity index (χ3n) is 2.35. The van der Waals surface area contributed by atoms with Crippen molar-refractivity contribution in [3.63, 3.8) is 0 Å². The maximum Gasteiger partial charge on any atom is 0.273 e. The Morgan fingerprint density at radius 2 is 2.24 bits per heavy atom. The molecular formula is C10H16N4O3. The van der Waals surface area contributed by atoms with Crippen LogP contribution in [0.4, 0.5) is 17.1 Å². The van der Waals surface area contributed by atoms with Gasteiger partial charge in [-0.1, -0.05) is 0 Å². The molecule has 0 spiro atoms. The smallest absolute Gasteiger partial charge is 0.273 e. The number of nitrogens with two attached hydrogens (primary N) is 1. The number of rotatable bonds is 6. The van der Waals surface area contributed by atoms with Crippen LogP contribution < -0.4 is 16.2 Å². The second kappa shape index (κ2) is 6.02. The molecule has 0 atom stereocenters. The Morgan fingerprint density at radius 1 is 1.53 bits per heavy atom. The van der Waals surface area contributed by atoms with Crippen LogP contribution in [-0.2, 0) is 4.74 Å². The zero-order valence-corrected chi connectivity index (χ0v) is 9.84. The molecule has 0 amide bonds. The van der Waals surface area contributed by atoms with Gasteiger partial charge in [0.2, 0.25) is 0 Å². The summed E-state index contributed by atoms with van der Waals surface area (Å²) in [6.45, 7) is 1.19. The van der Waals surface area contributed by atoms with Crippen molar-refractivity contribution in [3.05, 3.63) is 28.3 Å². The largest absolute Gasteiger partial charge is 0.383 e. The minimum atomic E-state index is -0.450. The van der Waals surface area contributed by atoms with Crippen molar-refractivity contribution < 1.29 is 9.66 Å². The molecule has 0 fully saturated rings. The SMILES string of the molecule is COCCN(C)c1cc(NN)cc([N+](=O)[O-])c1. The van der Waals surface area contributed by atoms with E-state index in [4.69, 9.17) is 10.6 Å². The molecule has 0 saturated carbocycles. The monoisotopic (exact) mass is 240 g/mol. The lowest BCUT2D eigenvalue weighted by Crippen LogP contribution is -2.22. The molecule has 0 heterocycles. The highest BCUT2D eigenvalue weighted by atomic mass is 16.6. The Balaban J connectivity index is 2.97. The summed E-state index contributed by atoms with van der Waals surface area (Å²) >= 11 is 0. The molecule has 0 bridgehead atoms. The highest BCUT2D eigenvalue weighted by molar-refractivity contribution is 5.63. The molecular weight excluding hydrogens is 224 g/mol. The van der Waals surface area contributed by atoms with Crippen LogP contribution in [0.3, 0.4) is 0 Å².